The lowest BCUT2D eigenvalue weighted by atomic mass is 10.1. The quantitative estimate of drug-likeness (QED) is 0.881. The zero-order valence-corrected chi connectivity index (χ0v) is 13.5. The standard InChI is InChI=1S/C17H20ClN3O/c1-21(2)16-9-3-13(4-10-16)11-12-19-17(22)20-15-7-5-14(18)6-8-15/h3-10H,11-12H2,1-2H3,(H2,19,20,22). The molecule has 0 spiro atoms. The predicted octanol–water partition coefficient (Wildman–Crippen LogP) is 3.77. The molecule has 0 aliphatic carbocycles. The van der Waals surface area contributed by atoms with Gasteiger partial charge in [0.25, 0.3) is 0 Å². The zero-order valence-electron chi connectivity index (χ0n) is 12.8. The molecule has 0 atom stereocenters. The number of carbonyl (C=O) groups is 1. The van der Waals surface area contributed by atoms with Crippen LogP contribution < -0.4 is 15.5 Å². The fourth-order valence-corrected chi connectivity index (χ4v) is 2.12. The summed E-state index contributed by atoms with van der Waals surface area (Å²) >= 11 is 5.80. The van der Waals surface area contributed by atoms with Crippen LogP contribution >= 0.6 is 11.6 Å². The van der Waals surface area contributed by atoms with E-state index in [0.717, 1.165) is 17.8 Å². The number of benzene rings is 2. The summed E-state index contributed by atoms with van der Waals surface area (Å²) in [5, 5.41) is 6.25. The molecule has 0 aliphatic heterocycles. The van der Waals surface area contributed by atoms with Crippen LogP contribution in [-0.4, -0.2) is 26.7 Å². The van der Waals surface area contributed by atoms with Crippen LogP contribution in [0.2, 0.25) is 5.02 Å². The first kappa shape index (κ1) is 16.2. The number of carbonyl (C=O) groups excluding carboxylic acids is 1. The van der Waals surface area contributed by atoms with Crippen molar-refractivity contribution in [3.8, 4) is 0 Å². The Morgan fingerprint density at radius 2 is 1.68 bits per heavy atom. The maximum atomic E-state index is 11.8. The highest BCUT2D eigenvalue weighted by atomic mass is 35.5. The first-order chi connectivity index (χ1) is 10.5. The Morgan fingerprint density at radius 3 is 2.27 bits per heavy atom. The summed E-state index contributed by atoms with van der Waals surface area (Å²) in [5.74, 6) is 0. The van der Waals surface area contributed by atoms with Gasteiger partial charge in [-0.3, -0.25) is 0 Å². The van der Waals surface area contributed by atoms with E-state index in [1.165, 1.54) is 5.56 Å². The van der Waals surface area contributed by atoms with Gasteiger partial charge < -0.3 is 15.5 Å². The number of urea groups is 1. The Morgan fingerprint density at radius 1 is 1.05 bits per heavy atom. The summed E-state index contributed by atoms with van der Waals surface area (Å²) < 4.78 is 0. The molecule has 2 N–H and O–H groups in total. The van der Waals surface area contributed by atoms with Crippen molar-refractivity contribution in [1.29, 1.82) is 0 Å². The van der Waals surface area contributed by atoms with Gasteiger partial charge in [-0.25, -0.2) is 4.79 Å². The minimum Gasteiger partial charge on any atom is -0.378 e. The molecule has 0 bridgehead atoms. The maximum Gasteiger partial charge on any atom is 0.319 e. The Labute approximate surface area is 136 Å². The highest BCUT2D eigenvalue weighted by molar-refractivity contribution is 6.30. The van der Waals surface area contributed by atoms with Crippen LogP contribution in [0.1, 0.15) is 5.56 Å². The first-order valence-corrected chi connectivity index (χ1v) is 7.49. The van der Waals surface area contributed by atoms with Crippen molar-refractivity contribution in [2.75, 3.05) is 30.9 Å². The van der Waals surface area contributed by atoms with Crippen molar-refractivity contribution >= 4 is 29.0 Å². The third kappa shape index (κ3) is 4.97. The van der Waals surface area contributed by atoms with Gasteiger partial charge in [-0.2, -0.15) is 0 Å². The molecule has 116 valence electrons. The Kier molecular flexibility index (Phi) is 5.67. The molecule has 2 aromatic rings. The second kappa shape index (κ2) is 7.71. The van der Waals surface area contributed by atoms with Gasteiger partial charge in [-0.1, -0.05) is 23.7 Å². The molecule has 0 heterocycles. The molecule has 0 radical (unpaired) electrons. The van der Waals surface area contributed by atoms with Gasteiger partial charge >= 0.3 is 6.03 Å². The monoisotopic (exact) mass is 317 g/mol. The minimum absolute atomic E-state index is 0.216. The van der Waals surface area contributed by atoms with Crippen LogP contribution in [0.25, 0.3) is 0 Å². The summed E-state index contributed by atoms with van der Waals surface area (Å²) in [4.78, 5) is 13.8. The van der Waals surface area contributed by atoms with Crippen molar-refractivity contribution in [3.05, 3.63) is 59.1 Å². The second-order valence-electron chi connectivity index (χ2n) is 5.20. The predicted molar refractivity (Wildman–Crippen MR) is 92.9 cm³/mol. The van der Waals surface area contributed by atoms with Gasteiger partial charge in [0.05, 0.1) is 0 Å². The lowest BCUT2D eigenvalue weighted by molar-refractivity contribution is 0.252. The van der Waals surface area contributed by atoms with E-state index in [-0.39, 0.29) is 6.03 Å². The first-order valence-electron chi connectivity index (χ1n) is 7.11. The third-order valence-electron chi connectivity index (χ3n) is 3.25. The average Bonchev–Trinajstić information content (AvgIpc) is 2.50. The molecule has 2 amide bonds. The topological polar surface area (TPSA) is 44.4 Å². The van der Waals surface area contributed by atoms with Gasteiger partial charge in [0.2, 0.25) is 0 Å². The molecular weight excluding hydrogens is 298 g/mol. The minimum atomic E-state index is -0.216. The van der Waals surface area contributed by atoms with E-state index >= 15 is 0 Å². The highest BCUT2D eigenvalue weighted by Gasteiger charge is 2.02. The molecule has 22 heavy (non-hydrogen) atoms. The maximum absolute atomic E-state index is 11.8. The third-order valence-corrected chi connectivity index (χ3v) is 3.51. The summed E-state index contributed by atoms with van der Waals surface area (Å²) in [7, 11) is 4.02. The van der Waals surface area contributed by atoms with E-state index < -0.39 is 0 Å². The molecule has 0 unspecified atom stereocenters. The second-order valence-corrected chi connectivity index (χ2v) is 5.64. The van der Waals surface area contributed by atoms with Crippen LogP contribution in [0.4, 0.5) is 16.2 Å². The van der Waals surface area contributed by atoms with Crippen molar-refractivity contribution in [3.63, 3.8) is 0 Å². The molecule has 2 aromatic carbocycles. The van der Waals surface area contributed by atoms with Gasteiger partial charge in [0.15, 0.2) is 0 Å². The molecular formula is C17H20ClN3O. The molecule has 0 aromatic heterocycles. The lowest BCUT2D eigenvalue weighted by Gasteiger charge is -2.13. The van der Waals surface area contributed by atoms with Crippen LogP contribution in [0.5, 0.6) is 0 Å². The molecule has 0 aliphatic rings. The summed E-state index contributed by atoms with van der Waals surface area (Å²) in [5.41, 5.74) is 3.08. The zero-order chi connectivity index (χ0) is 15.9. The lowest BCUT2D eigenvalue weighted by Crippen LogP contribution is -2.30. The highest BCUT2D eigenvalue weighted by Crippen LogP contribution is 2.13. The molecule has 2 rings (SSSR count). The van der Waals surface area contributed by atoms with E-state index in [2.05, 4.69) is 39.8 Å². The van der Waals surface area contributed by atoms with Gasteiger partial charge in [0, 0.05) is 37.0 Å². The molecule has 0 fully saturated rings. The summed E-state index contributed by atoms with van der Waals surface area (Å²) in [6.07, 6.45) is 0.793. The normalized spacial score (nSPS) is 10.1. The molecule has 0 saturated carbocycles. The average molecular weight is 318 g/mol. The van der Waals surface area contributed by atoms with E-state index in [1.807, 2.05) is 14.1 Å². The largest absolute Gasteiger partial charge is 0.378 e. The number of anilines is 2. The Balaban J connectivity index is 1.75. The number of hydrogen-bond donors (Lipinski definition) is 2. The number of rotatable bonds is 5. The SMILES string of the molecule is CN(C)c1ccc(CCNC(=O)Nc2ccc(Cl)cc2)cc1. The van der Waals surface area contributed by atoms with E-state index in [1.54, 1.807) is 24.3 Å². The van der Waals surface area contributed by atoms with Crippen LogP contribution in [0.3, 0.4) is 0 Å². The molecule has 5 heteroatoms. The van der Waals surface area contributed by atoms with Gasteiger partial charge in [-0.15, -0.1) is 0 Å². The molecule has 4 nitrogen and oxygen atoms in total. The Hall–Kier alpha value is -2.20. The van der Waals surface area contributed by atoms with Crippen LogP contribution in [0, 0.1) is 0 Å². The molecule has 0 saturated heterocycles. The number of nitrogens with zero attached hydrogens (tertiary/aromatic N) is 1. The van der Waals surface area contributed by atoms with Gasteiger partial charge in [-0.05, 0) is 48.4 Å². The summed E-state index contributed by atoms with van der Waals surface area (Å²) in [6, 6.07) is 15.1. The van der Waals surface area contributed by atoms with Crippen molar-refractivity contribution in [2.24, 2.45) is 0 Å². The fourth-order valence-electron chi connectivity index (χ4n) is 1.99. The van der Waals surface area contributed by atoms with Gasteiger partial charge in [0.1, 0.15) is 0 Å². The fraction of sp³-hybridized carbons (Fsp3) is 0.235. The smallest absolute Gasteiger partial charge is 0.319 e. The van der Waals surface area contributed by atoms with Crippen molar-refractivity contribution in [2.45, 2.75) is 6.42 Å². The number of halogens is 1. The number of nitrogens with one attached hydrogen (secondary N) is 2. The van der Waals surface area contributed by atoms with Crippen LogP contribution in [0.15, 0.2) is 48.5 Å². The number of hydrogen-bond acceptors (Lipinski definition) is 2. The Bertz CT molecular complexity index is 609. The summed E-state index contributed by atoms with van der Waals surface area (Å²) in [6.45, 7) is 0.584. The number of amides is 2. The van der Waals surface area contributed by atoms with E-state index in [0.29, 0.717) is 11.6 Å². The van der Waals surface area contributed by atoms with Crippen molar-refractivity contribution in [1.82, 2.24) is 5.32 Å². The van der Waals surface area contributed by atoms with Crippen molar-refractivity contribution < 1.29 is 4.79 Å². The van der Waals surface area contributed by atoms with Crippen LogP contribution in [-0.2, 0) is 6.42 Å². The van der Waals surface area contributed by atoms with E-state index in [4.69, 9.17) is 11.6 Å². The van der Waals surface area contributed by atoms with E-state index in [9.17, 15) is 4.79 Å².